The highest BCUT2D eigenvalue weighted by Gasteiger charge is 2.13. The summed E-state index contributed by atoms with van der Waals surface area (Å²) in [5.41, 5.74) is 1.16. The molecule has 26 heavy (non-hydrogen) atoms. The number of aryl methyl sites for hydroxylation is 1. The van der Waals surface area contributed by atoms with Crippen molar-refractivity contribution < 1.29 is 14.3 Å². The van der Waals surface area contributed by atoms with E-state index in [0.29, 0.717) is 6.42 Å². The van der Waals surface area contributed by atoms with Gasteiger partial charge in [-0.1, -0.05) is 0 Å². The molecule has 0 aliphatic carbocycles. The lowest BCUT2D eigenvalue weighted by Crippen LogP contribution is -2.38. The lowest BCUT2D eigenvalue weighted by atomic mass is 10.1. The molecule has 7 nitrogen and oxygen atoms in total. The average Bonchev–Trinajstić information content (AvgIpc) is 2.71. The van der Waals surface area contributed by atoms with Crippen molar-refractivity contribution in [1.82, 2.24) is 15.2 Å². The Morgan fingerprint density at radius 1 is 1.12 bits per heavy atom. The molecular weight excluding hydrogens is 332 g/mol. The molecule has 2 aliphatic heterocycles. The number of rotatable bonds is 8. The molecular formula is C19H30N4O3. The zero-order chi connectivity index (χ0) is 18.0. The third-order valence-electron chi connectivity index (χ3n) is 4.86. The molecule has 7 heteroatoms. The third kappa shape index (κ3) is 6.23. The van der Waals surface area contributed by atoms with Gasteiger partial charge in [-0.2, -0.15) is 0 Å². The number of ether oxygens (including phenoxy) is 2. The third-order valence-corrected chi connectivity index (χ3v) is 4.86. The summed E-state index contributed by atoms with van der Waals surface area (Å²) in [6, 6.07) is 4.09. The maximum atomic E-state index is 12.1. The van der Waals surface area contributed by atoms with E-state index in [1.54, 1.807) is 0 Å². The Bertz CT molecular complexity index is 557. The van der Waals surface area contributed by atoms with Crippen LogP contribution in [0.25, 0.3) is 0 Å². The van der Waals surface area contributed by atoms with Crippen molar-refractivity contribution >= 4 is 11.7 Å². The van der Waals surface area contributed by atoms with Gasteiger partial charge in [-0.25, -0.2) is 4.98 Å². The molecule has 1 N–H and O–H groups in total. The van der Waals surface area contributed by atoms with E-state index in [0.717, 1.165) is 89.9 Å². The minimum Gasteiger partial charge on any atom is -0.379 e. The molecule has 144 valence electrons. The van der Waals surface area contributed by atoms with Crippen LogP contribution in [-0.4, -0.2) is 81.5 Å². The Labute approximate surface area is 155 Å². The molecule has 0 saturated carbocycles. The second kappa shape index (κ2) is 10.4. The molecule has 0 aromatic carbocycles. The largest absolute Gasteiger partial charge is 0.379 e. The number of morpholine rings is 2. The monoisotopic (exact) mass is 362 g/mol. The van der Waals surface area contributed by atoms with Crippen molar-refractivity contribution in [2.24, 2.45) is 0 Å². The summed E-state index contributed by atoms with van der Waals surface area (Å²) in [4.78, 5) is 21.1. The van der Waals surface area contributed by atoms with Gasteiger partial charge in [0.1, 0.15) is 5.82 Å². The van der Waals surface area contributed by atoms with Crippen LogP contribution in [0.4, 0.5) is 5.82 Å². The van der Waals surface area contributed by atoms with Gasteiger partial charge in [-0.15, -0.1) is 0 Å². The standard InChI is InChI=1S/C19H30N4O3/c24-19(21-5-1-7-22-8-12-25-13-9-22)3-2-17-4-6-20-18(16-17)23-10-14-26-15-11-23/h4,6,16H,1-3,5,7-15H2,(H,21,24). The van der Waals surface area contributed by atoms with Crippen molar-refractivity contribution in [2.75, 3.05) is 70.6 Å². The molecule has 0 unspecified atom stereocenters. The number of hydrogen-bond donors (Lipinski definition) is 1. The zero-order valence-electron chi connectivity index (χ0n) is 15.5. The van der Waals surface area contributed by atoms with Crippen molar-refractivity contribution in [2.45, 2.75) is 19.3 Å². The van der Waals surface area contributed by atoms with Crippen LogP contribution in [0.1, 0.15) is 18.4 Å². The second-order valence-corrected chi connectivity index (χ2v) is 6.78. The molecule has 1 aromatic rings. The second-order valence-electron chi connectivity index (χ2n) is 6.78. The molecule has 2 saturated heterocycles. The SMILES string of the molecule is O=C(CCc1ccnc(N2CCOCC2)c1)NCCCN1CCOCC1. The van der Waals surface area contributed by atoms with Crippen LogP contribution in [0.3, 0.4) is 0 Å². The Kier molecular flexibility index (Phi) is 7.66. The number of hydrogen-bond acceptors (Lipinski definition) is 6. The number of aromatic nitrogens is 1. The highest BCUT2D eigenvalue weighted by Crippen LogP contribution is 2.15. The van der Waals surface area contributed by atoms with Gasteiger partial charge < -0.3 is 19.7 Å². The van der Waals surface area contributed by atoms with Crippen LogP contribution in [0.5, 0.6) is 0 Å². The molecule has 1 aromatic heterocycles. The molecule has 0 bridgehead atoms. The Balaban J connectivity index is 1.33. The van der Waals surface area contributed by atoms with Crippen molar-refractivity contribution in [3.63, 3.8) is 0 Å². The lowest BCUT2D eigenvalue weighted by molar-refractivity contribution is -0.121. The van der Waals surface area contributed by atoms with Gasteiger partial charge in [0.05, 0.1) is 26.4 Å². The first-order chi connectivity index (χ1) is 12.8. The van der Waals surface area contributed by atoms with Gasteiger partial charge in [0.2, 0.25) is 5.91 Å². The number of pyridine rings is 1. The average molecular weight is 362 g/mol. The molecule has 0 spiro atoms. The fourth-order valence-corrected chi connectivity index (χ4v) is 3.28. The highest BCUT2D eigenvalue weighted by molar-refractivity contribution is 5.76. The highest BCUT2D eigenvalue weighted by atomic mass is 16.5. The van der Waals surface area contributed by atoms with Crippen LogP contribution in [0, 0.1) is 0 Å². The summed E-state index contributed by atoms with van der Waals surface area (Å²) in [5.74, 6) is 1.11. The predicted molar refractivity (Wildman–Crippen MR) is 100 cm³/mol. The molecule has 2 aliphatic rings. The van der Waals surface area contributed by atoms with E-state index in [2.05, 4.69) is 26.2 Å². The Hall–Kier alpha value is -1.70. The molecule has 0 radical (unpaired) electrons. The summed E-state index contributed by atoms with van der Waals surface area (Å²) in [6.07, 6.45) is 4.09. The van der Waals surface area contributed by atoms with E-state index < -0.39 is 0 Å². The maximum absolute atomic E-state index is 12.1. The number of nitrogens with zero attached hydrogens (tertiary/aromatic N) is 3. The van der Waals surface area contributed by atoms with E-state index in [1.165, 1.54) is 0 Å². The van der Waals surface area contributed by atoms with Gasteiger partial charge in [-0.3, -0.25) is 9.69 Å². The van der Waals surface area contributed by atoms with Crippen molar-refractivity contribution in [3.05, 3.63) is 23.9 Å². The molecule has 0 atom stereocenters. The maximum Gasteiger partial charge on any atom is 0.220 e. The van der Waals surface area contributed by atoms with Crippen LogP contribution < -0.4 is 10.2 Å². The van der Waals surface area contributed by atoms with Gasteiger partial charge >= 0.3 is 0 Å². The first-order valence-corrected chi connectivity index (χ1v) is 9.66. The van der Waals surface area contributed by atoms with Gasteiger partial charge in [-0.05, 0) is 37.1 Å². The van der Waals surface area contributed by atoms with E-state index >= 15 is 0 Å². The molecule has 1 amide bonds. The topological polar surface area (TPSA) is 66.9 Å². The van der Waals surface area contributed by atoms with Gasteiger partial charge in [0.25, 0.3) is 0 Å². The fourth-order valence-electron chi connectivity index (χ4n) is 3.28. The minimum absolute atomic E-state index is 0.122. The number of carbonyl (C=O) groups excluding carboxylic acids is 1. The summed E-state index contributed by atoms with van der Waals surface area (Å²) >= 11 is 0. The summed E-state index contributed by atoms with van der Waals surface area (Å²) in [6.45, 7) is 8.67. The van der Waals surface area contributed by atoms with E-state index in [1.807, 2.05) is 12.3 Å². The fraction of sp³-hybridized carbons (Fsp3) is 0.684. The number of anilines is 1. The van der Waals surface area contributed by atoms with Gasteiger partial charge in [0, 0.05) is 45.3 Å². The van der Waals surface area contributed by atoms with Crippen LogP contribution in [0.2, 0.25) is 0 Å². The first-order valence-electron chi connectivity index (χ1n) is 9.66. The molecule has 3 heterocycles. The Morgan fingerprint density at radius 2 is 1.85 bits per heavy atom. The summed E-state index contributed by atoms with van der Waals surface area (Å²) < 4.78 is 10.7. The lowest BCUT2D eigenvalue weighted by Gasteiger charge is -2.28. The van der Waals surface area contributed by atoms with Crippen molar-refractivity contribution in [1.29, 1.82) is 0 Å². The number of nitrogens with one attached hydrogen (secondary N) is 1. The normalized spacial score (nSPS) is 18.7. The van der Waals surface area contributed by atoms with Crippen molar-refractivity contribution in [3.8, 4) is 0 Å². The minimum atomic E-state index is 0.122. The smallest absolute Gasteiger partial charge is 0.220 e. The van der Waals surface area contributed by atoms with Crippen LogP contribution in [-0.2, 0) is 20.7 Å². The summed E-state index contributed by atoms with van der Waals surface area (Å²) in [5, 5.41) is 3.03. The molecule has 2 fully saturated rings. The quantitative estimate of drug-likeness (QED) is 0.687. The van der Waals surface area contributed by atoms with Crippen LogP contribution >= 0.6 is 0 Å². The van der Waals surface area contributed by atoms with E-state index in [4.69, 9.17) is 9.47 Å². The zero-order valence-corrected chi connectivity index (χ0v) is 15.5. The molecule has 3 rings (SSSR count). The summed E-state index contributed by atoms with van der Waals surface area (Å²) in [7, 11) is 0. The first kappa shape index (κ1) is 19.1. The number of amides is 1. The number of carbonyl (C=O) groups is 1. The van der Waals surface area contributed by atoms with E-state index in [-0.39, 0.29) is 5.91 Å². The Morgan fingerprint density at radius 3 is 2.62 bits per heavy atom. The van der Waals surface area contributed by atoms with Crippen LogP contribution in [0.15, 0.2) is 18.3 Å². The van der Waals surface area contributed by atoms with E-state index in [9.17, 15) is 4.79 Å². The predicted octanol–water partition coefficient (Wildman–Crippen LogP) is 0.689. The van der Waals surface area contributed by atoms with Gasteiger partial charge in [0.15, 0.2) is 0 Å².